The van der Waals surface area contributed by atoms with E-state index in [1.807, 2.05) is 39.0 Å². The summed E-state index contributed by atoms with van der Waals surface area (Å²) in [7, 11) is 1.56. The standard InChI is InChI=1S/C18H22N4O3S/c1-18(2,3)16-20-21-17(26-16)19-15(24)11-9-14(23)22(10-11)12-7-5-6-8-13(12)25-4/h5-8,11H,9-10H2,1-4H3,(H,19,21,24)/t11-/m0/s1. The lowest BCUT2D eigenvalue weighted by atomic mass is 9.98. The van der Waals surface area contributed by atoms with Crippen LogP contribution in [0.5, 0.6) is 5.75 Å². The van der Waals surface area contributed by atoms with Gasteiger partial charge in [-0.05, 0) is 12.1 Å². The molecular weight excluding hydrogens is 352 g/mol. The molecule has 2 heterocycles. The molecule has 0 spiro atoms. The van der Waals surface area contributed by atoms with E-state index in [4.69, 9.17) is 4.74 Å². The Morgan fingerprint density at radius 1 is 1.31 bits per heavy atom. The van der Waals surface area contributed by atoms with Crippen molar-refractivity contribution in [1.82, 2.24) is 10.2 Å². The van der Waals surface area contributed by atoms with Crippen molar-refractivity contribution < 1.29 is 14.3 Å². The van der Waals surface area contributed by atoms with Gasteiger partial charge in [-0.2, -0.15) is 0 Å². The number of nitrogens with one attached hydrogen (secondary N) is 1. The summed E-state index contributed by atoms with van der Waals surface area (Å²) < 4.78 is 5.32. The van der Waals surface area contributed by atoms with Gasteiger partial charge in [0, 0.05) is 18.4 Å². The van der Waals surface area contributed by atoms with E-state index < -0.39 is 5.92 Å². The topological polar surface area (TPSA) is 84.4 Å². The fraction of sp³-hybridized carbons (Fsp3) is 0.444. The van der Waals surface area contributed by atoms with Crippen LogP contribution in [0.4, 0.5) is 10.8 Å². The van der Waals surface area contributed by atoms with Crippen molar-refractivity contribution >= 4 is 34.0 Å². The number of carbonyl (C=O) groups is 2. The Hall–Kier alpha value is -2.48. The minimum Gasteiger partial charge on any atom is -0.495 e. The van der Waals surface area contributed by atoms with Gasteiger partial charge in [0.2, 0.25) is 16.9 Å². The van der Waals surface area contributed by atoms with Crippen LogP contribution >= 0.6 is 11.3 Å². The predicted molar refractivity (Wildman–Crippen MR) is 101 cm³/mol. The molecule has 0 bridgehead atoms. The zero-order chi connectivity index (χ0) is 18.9. The average Bonchev–Trinajstić information content (AvgIpc) is 3.21. The van der Waals surface area contributed by atoms with Crippen molar-refractivity contribution in [3.63, 3.8) is 0 Å². The van der Waals surface area contributed by atoms with E-state index in [1.165, 1.54) is 11.3 Å². The Morgan fingerprint density at radius 2 is 2.04 bits per heavy atom. The van der Waals surface area contributed by atoms with Crippen molar-refractivity contribution in [1.29, 1.82) is 0 Å². The van der Waals surface area contributed by atoms with E-state index in [0.29, 0.717) is 23.1 Å². The number of rotatable bonds is 4. The van der Waals surface area contributed by atoms with Crippen LogP contribution in [0.25, 0.3) is 0 Å². The van der Waals surface area contributed by atoms with Crippen LogP contribution in [-0.4, -0.2) is 35.7 Å². The van der Waals surface area contributed by atoms with Gasteiger partial charge in [0.05, 0.1) is 18.7 Å². The molecule has 1 aromatic heterocycles. The van der Waals surface area contributed by atoms with Crippen molar-refractivity contribution in [3.8, 4) is 5.75 Å². The Bertz CT molecular complexity index is 828. The maximum absolute atomic E-state index is 12.6. The molecule has 7 nitrogen and oxygen atoms in total. The van der Waals surface area contributed by atoms with Crippen LogP contribution in [0.15, 0.2) is 24.3 Å². The summed E-state index contributed by atoms with van der Waals surface area (Å²) in [5.41, 5.74) is 0.561. The molecule has 1 aromatic carbocycles. The first-order valence-corrected chi connectivity index (χ1v) is 9.19. The maximum Gasteiger partial charge on any atom is 0.231 e. The Labute approximate surface area is 156 Å². The van der Waals surface area contributed by atoms with E-state index in [9.17, 15) is 9.59 Å². The molecule has 8 heteroatoms. The molecule has 26 heavy (non-hydrogen) atoms. The molecule has 0 saturated carbocycles. The molecule has 1 atom stereocenters. The number of methoxy groups -OCH3 is 1. The summed E-state index contributed by atoms with van der Waals surface area (Å²) in [5.74, 6) is -0.134. The number of ether oxygens (including phenoxy) is 1. The first kappa shape index (κ1) is 18.3. The fourth-order valence-electron chi connectivity index (χ4n) is 2.75. The number of amides is 2. The molecule has 1 fully saturated rings. The third-order valence-electron chi connectivity index (χ3n) is 4.17. The third kappa shape index (κ3) is 3.70. The number of benzene rings is 1. The Morgan fingerprint density at radius 3 is 2.69 bits per heavy atom. The number of anilines is 2. The molecule has 2 aromatic rings. The predicted octanol–water partition coefficient (Wildman–Crippen LogP) is 2.84. The monoisotopic (exact) mass is 374 g/mol. The number of para-hydroxylation sites is 2. The van der Waals surface area contributed by atoms with E-state index in [2.05, 4.69) is 15.5 Å². The van der Waals surface area contributed by atoms with Crippen LogP contribution in [0.1, 0.15) is 32.2 Å². The minimum absolute atomic E-state index is 0.0951. The molecular formula is C18H22N4O3S. The van der Waals surface area contributed by atoms with Crippen LogP contribution in [-0.2, 0) is 15.0 Å². The van der Waals surface area contributed by atoms with Gasteiger partial charge in [-0.25, -0.2) is 0 Å². The van der Waals surface area contributed by atoms with Crippen molar-refractivity contribution in [2.24, 2.45) is 5.92 Å². The zero-order valence-corrected chi connectivity index (χ0v) is 16.1. The van der Waals surface area contributed by atoms with E-state index >= 15 is 0 Å². The highest BCUT2D eigenvalue weighted by Crippen LogP contribution is 2.33. The summed E-state index contributed by atoms with van der Waals surface area (Å²) in [6.45, 7) is 6.44. The van der Waals surface area contributed by atoms with Crippen molar-refractivity contribution in [2.45, 2.75) is 32.6 Å². The van der Waals surface area contributed by atoms with Crippen LogP contribution < -0.4 is 15.0 Å². The second-order valence-electron chi connectivity index (χ2n) is 7.23. The number of nitrogens with zero attached hydrogens (tertiary/aromatic N) is 3. The second kappa shape index (κ2) is 7.03. The maximum atomic E-state index is 12.6. The molecule has 138 valence electrons. The largest absolute Gasteiger partial charge is 0.495 e. The van der Waals surface area contributed by atoms with Crippen LogP contribution in [0.2, 0.25) is 0 Å². The Kier molecular flexibility index (Phi) is 4.95. The summed E-state index contributed by atoms with van der Waals surface area (Å²) in [6.07, 6.45) is 0.162. The highest BCUT2D eigenvalue weighted by molar-refractivity contribution is 7.15. The van der Waals surface area contributed by atoms with Gasteiger partial charge in [-0.3, -0.25) is 9.59 Å². The number of carbonyl (C=O) groups excluding carboxylic acids is 2. The highest BCUT2D eigenvalue weighted by Gasteiger charge is 2.36. The summed E-state index contributed by atoms with van der Waals surface area (Å²) in [5, 5.41) is 12.3. The normalized spacial score (nSPS) is 17.5. The van der Waals surface area contributed by atoms with Crippen LogP contribution in [0.3, 0.4) is 0 Å². The molecule has 0 radical (unpaired) electrons. The fourth-order valence-corrected chi connectivity index (χ4v) is 3.56. The summed E-state index contributed by atoms with van der Waals surface area (Å²) in [6, 6.07) is 7.30. The first-order valence-electron chi connectivity index (χ1n) is 8.38. The first-order chi connectivity index (χ1) is 12.3. The number of hydrogen-bond acceptors (Lipinski definition) is 6. The highest BCUT2D eigenvalue weighted by atomic mass is 32.1. The summed E-state index contributed by atoms with van der Waals surface area (Å²) in [4.78, 5) is 26.6. The van der Waals surface area contributed by atoms with Gasteiger partial charge in [0.15, 0.2) is 0 Å². The van der Waals surface area contributed by atoms with Gasteiger partial charge >= 0.3 is 0 Å². The average molecular weight is 374 g/mol. The SMILES string of the molecule is COc1ccccc1N1C[C@@H](C(=O)Nc2nnc(C(C)(C)C)s2)CC1=O. The molecule has 2 amide bonds. The molecule has 1 saturated heterocycles. The zero-order valence-electron chi connectivity index (χ0n) is 15.3. The molecule has 0 aliphatic carbocycles. The Balaban J connectivity index is 1.70. The minimum atomic E-state index is -0.436. The molecule has 1 aliphatic rings. The van der Waals surface area contributed by atoms with Gasteiger partial charge in [0.25, 0.3) is 0 Å². The lowest BCUT2D eigenvalue weighted by Crippen LogP contribution is -2.28. The molecule has 1 N–H and O–H groups in total. The van der Waals surface area contributed by atoms with Crippen molar-refractivity contribution in [2.75, 3.05) is 23.9 Å². The van der Waals surface area contributed by atoms with E-state index in [-0.39, 0.29) is 23.7 Å². The van der Waals surface area contributed by atoms with E-state index in [0.717, 1.165) is 5.01 Å². The number of hydrogen-bond donors (Lipinski definition) is 1. The van der Waals surface area contributed by atoms with Crippen molar-refractivity contribution in [3.05, 3.63) is 29.3 Å². The number of aromatic nitrogens is 2. The molecule has 3 rings (SSSR count). The smallest absolute Gasteiger partial charge is 0.231 e. The second-order valence-corrected chi connectivity index (χ2v) is 8.21. The lowest BCUT2D eigenvalue weighted by Gasteiger charge is -2.19. The summed E-state index contributed by atoms with van der Waals surface area (Å²) >= 11 is 1.36. The lowest BCUT2D eigenvalue weighted by molar-refractivity contribution is -0.122. The van der Waals surface area contributed by atoms with Gasteiger partial charge in [0.1, 0.15) is 10.8 Å². The van der Waals surface area contributed by atoms with Gasteiger partial charge in [-0.15, -0.1) is 10.2 Å². The van der Waals surface area contributed by atoms with E-state index in [1.54, 1.807) is 18.1 Å². The molecule has 1 aliphatic heterocycles. The van der Waals surface area contributed by atoms with Gasteiger partial charge < -0.3 is 15.0 Å². The van der Waals surface area contributed by atoms with Gasteiger partial charge in [-0.1, -0.05) is 44.2 Å². The molecule has 0 unspecified atom stereocenters. The third-order valence-corrected chi connectivity index (χ3v) is 5.43. The van der Waals surface area contributed by atoms with Crippen LogP contribution in [0, 0.1) is 5.92 Å². The quantitative estimate of drug-likeness (QED) is 0.890.